The van der Waals surface area contributed by atoms with Crippen LogP contribution in [-0.2, 0) is 0 Å². The molecule has 2 unspecified atom stereocenters. The van der Waals surface area contributed by atoms with E-state index >= 15 is 0 Å². The number of nitrogens with zero attached hydrogens (tertiary/aromatic N) is 1. The zero-order chi connectivity index (χ0) is 12.2. The van der Waals surface area contributed by atoms with Crippen LogP contribution in [0.1, 0.15) is 47.0 Å². The zero-order valence-corrected chi connectivity index (χ0v) is 11.3. The summed E-state index contributed by atoms with van der Waals surface area (Å²) in [6, 6.07) is 1.06. The predicted molar refractivity (Wildman–Crippen MR) is 68.6 cm³/mol. The number of likely N-dealkylation sites (tertiary alicyclic amines) is 1. The van der Waals surface area contributed by atoms with Crippen LogP contribution >= 0.6 is 0 Å². The van der Waals surface area contributed by atoms with E-state index in [0.29, 0.717) is 18.6 Å². The summed E-state index contributed by atoms with van der Waals surface area (Å²) in [5.41, 5.74) is -0.615. The van der Waals surface area contributed by atoms with Crippen LogP contribution in [0.4, 0.5) is 0 Å². The summed E-state index contributed by atoms with van der Waals surface area (Å²) < 4.78 is 0. The Morgan fingerprint density at radius 1 is 1.44 bits per heavy atom. The predicted octanol–water partition coefficient (Wildman–Crippen LogP) is 1.61. The topological polar surface area (TPSA) is 35.5 Å². The van der Waals surface area contributed by atoms with Gasteiger partial charge in [0, 0.05) is 25.2 Å². The fourth-order valence-corrected chi connectivity index (χ4v) is 2.31. The van der Waals surface area contributed by atoms with Crippen molar-refractivity contribution in [3.8, 4) is 0 Å². The first-order valence-corrected chi connectivity index (χ1v) is 6.60. The lowest BCUT2D eigenvalue weighted by atomic mass is 9.99. The van der Waals surface area contributed by atoms with E-state index in [1.54, 1.807) is 0 Å². The SMILES string of the molecule is CC(C)NCC(C)(O)CN1CCCCC1C. The maximum Gasteiger partial charge on any atom is 0.0869 e. The van der Waals surface area contributed by atoms with Crippen molar-refractivity contribution in [2.24, 2.45) is 0 Å². The molecule has 1 saturated heterocycles. The number of hydrogen-bond donors (Lipinski definition) is 2. The molecule has 0 radical (unpaired) electrons. The quantitative estimate of drug-likeness (QED) is 0.750. The Hall–Kier alpha value is -0.120. The monoisotopic (exact) mass is 228 g/mol. The molecule has 0 bridgehead atoms. The number of hydrogen-bond acceptors (Lipinski definition) is 3. The molecule has 3 heteroatoms. The third kappa shape index (κ3) is 4.81. The smallest absolute Gasteiger partial charge is 0.0869 e. The van der Waals surface area contributed by atoms with Gasteiger partial charge in [0.1, 0.15) is 0 Å². The lowest BCUT2D eigenvalue weighted by Gasteiger charge is -2.38. The van der Waals surface area contributed by atoms with Gasteiger partial charge < -0.3 is 10.4 Å². The van der Waals surface area contributed by atoms with Crippen LogP contribution in [0.5, 0.6) is 0 Å². The Bertz CT molecular complexity index is 204. The fourth-order valence-electron chi connectivity index (χ4n) is 2.31. The minimum Gasteiger partial charge on any atom is -0.388 e. The van der Waals surface area contributed by atoms with Crippen LogP contribution in [0.3, 0.4) is 0 Å². The van der Waals surface area contributed by atoms with Crippen LogP contribution < -0.4 is 5.32 Å². The second-order valence-corrected chi connectivity index (χ2v) is 5.85. The molecule has 1 aliphatic heterocycles. The third-order valence-corrected chi connectivity index (χ3v) is 3.38. The summed E-state index contributed by atoms with van der Waals surface area (Å²) in [5.74, 6) is 0. The second kappa shape index (κ2) is 5.99. The molecule has 2 N–H and O–H groups in total. The van der Waals surface area contributed by atoms with Gasteiger partial charge in [-0.05, 0) is 33.2 Å². The van der Waals surface area contributed by atoms with Gasteiger partial charge in [-0.15, -0.1) is 0 Å². The Morgan fingerprint density at radius 3 is 2.69 bits per heavy atom. The van der Waals surface area contributed by atoms with Crippen LogP contribution in [-0.4, -0.2) is 47.3 Å². The molecule has 16 heavy (non-hydrogen) atoms. The molecule has 0 spiro atoms. The average molecular weight is 228 g/mol. The van der Waals surface area contributed by atoms with Gasteiger partial charge in [-0.1, -0.05) is 20.3 Å². The number of piperidine rings is 1. The molecular weight excluding hydrogens is 200 g/mol. The van der Waals surface area contributed by atoms with Crippen molar-refractivity contribution in [2.45, 2.75) is 64.6 Å². The number of rotatable bonds is 5. The lowest BCUT2D eigenvalue weighted by molar-refractivity contribution is -0.000864. The van der Waals surface area contributed by atoms with Gasteiger partial charge >= 0.3 is 0 Å². The molecule has 1 fully saturated rings. The largest absolute Gasteiger partial charge is 0.388 e. The van der Waals surface area contributed by atoms with E-state index in [9.17, 15) is 5.11 Å². The molecule has 1 rings (SSSR count). The van der Waals surface area contributed by atoms with Crippen molar-refractivity contribution in [1.29, 1.82) is 0 Å². The highest BCUT2D eigenvalue weighted by molar-refractivity contribution is 4.84. The Labute approximate surface area is 100 Å². The Morgan fingerprint density at radius 2 is 2.12 bits per heavy atom. The summed E-state index contributed by atoms with van der Waals surface area (Å²) in [4.78, 5) is 2.42. The Kier molecular flexibility index (Phi) is 5.22. The summed E-state index contributed by atoms with van der Waals surface area (Å²) in [7, 11) is 0. The molecule has 2 atom stereocenters. The van der Waals surface area contributed by atoms with Crippen molar-refractivity contribution < 1.29 is 5.11 Å². The van der Waals surface area contributed by atoms with E-state index in [2.05, 4.69) is 31.0 Å². The summed E-state index contributed by atoms with van der Waals surface area (Å²) in [6.07, 6.45) is 3.88. The summed E-state index contributed by atoms with van der Waals surface area (Å²) >= 11 is 0. The van der Waals surface area contributed by atoms with Gasteiger partial charge in [0.05, 0.1) is 5.60 Å². The lowest BCUT2D eigenvalue weighted by Crippen LogP contribution is -2.52. The highest BCUT2D eigenvalue weighted by Crippen LogP contribution is 2.18. The molecule has 0 aliphatic carbocycles. The van der Waals surface area contributed by atoms with E-state index in [-0.39, 0.29) is 0 Å². The number of aliphatic hydroxyl groups is 1. The molecule has 1 heterocycles. The fraction of sp³-hybridized carbons (Fsp3) is 1.00. The molecule has 0 amide bonds. The van der Waals surface area contributed by atoms with Gasteiger partial charge in [-0.25, -0.2) is 0 Å². The first-order chi connectivity index (χ1) is 7.41. The first kappa shape index (κ1) is 13.9. The van der Waals surface area contributed by atoms with E-state index in [1.165, 1.54) is 19.3 Å². The van der Waals surface area contributed by atoms with Crippen LogP contribution in [0.15, 0.2) is 0 Å². The maximum absolute atomic E-state index is 10.3. The molecule has 0 aromatic heterocycles. The van der Waals surface area contributed by atoms with E-state index in [4.69, 9.17) is 0 Å². The van der Waals surface area contributed by atoms with Crippen LogP contribution in [0.25, 0.3) is 0 Å². The van der Waals surface area contributed by atoms with Gasteiger partial charge in [0.15, 0.2) is 0 Å². The summed E-state index contributed by atoms with van der Waals surface area (Å²) in [6.45, 7) is 11.0. The third-order valence-electron chi connectivity index (χ3n) is 3.38. The molecular formula is C13H28N2O. The highest BCUT2D eigenvalue weighted by atomic mass is 16.3. The number of nitrogens with one attached hydrogen (secondary N) is 1. The molecule has 1 aliphatic rings. The molecule has 0 aromatic rings. The zero-order valence-electron chi connectivity index (χ0n) is 11.3. The van der Waals surface area contributed by atoms with Gasteiger partial charge in [0.25, 0.3) is 0 Å². The highest BCUT2D eigenvalue weighted by Gasteiger charge is 2.27. The van der Waals surface area contributed by atoms with Crippen LogP contribution in [0.2, 0.25) is 0 Å². The van der Waals surface area contributed by atoms with Gasteiger partial charge in [-0.2, -0.15) is 0 Å². The van der Waals surface area contributed by atoms with Crippen molar-refractivity contribution in [1.82, 2.24) is 10.2 Å². The maximum atomic E-state index is 10.3. The van der Waals surface area contributed by atoms with Crippen molar-refractivity contribution >= 4 is 0 Å². The average Bonchev–Trinajstić information content (AvgIpc) is 2.19. The van der Waals surface area contributed by atoms with Crippen molar-refractivity contribution in [3.05, 3.63) is 0 Å². The second-order valence-electron chi connectivity index (χ2n) is 5.85. The van der Waals surface area contributed by atoms with E-state index in [0.717, 1.165) is 13.1 Å². The van der Waals surface area contributed by atoms with Crippen molar-refractivity contribution in [3.63, 3.8) is 0 Å². The van der Waals surface area contributed by atoms with Crippen LogP contribution in [0, 0.1) is 0 Å². The normalized spacial score (nSPS) is 27.0. The van der Waals surface area contributed by atoms with Gasteiger partial charge in [0.2, 0.25) is 0 Å². The molecule has 0 saturated carbocycles. The molecule has 96 valence electrons. The molecule has 3 nitrogen and oxygen atoms in total. The van der Waals surface area contributed by atoms with Gasteiger partial charge in [-0.3, -0.25) is 4.90 Å². The minimum absolute atomic E-state index is 0.435. The van der Waals surface area contributed by atoms with Crippen molar-refractivity contribution in [2.75, 3.05) is 19.6 Å². The summed E-state index contributed by atoms with van der Waals surface area (Å²) in [5, 5.41) is 13.6. The Balaban J connectivity index is 2.37. The first-order valence-electron chi connectivity index (χ1n) is 6.60. The minimum atomic E-state index is -0.615. The van der Waals surface area contributed by atoms with E-state index < -0.39 is 5.60 Å². The van der Waals surface area contributed by atoms with E-state index in [1.807, 2.05) is 6.92 Å². The number of β-amino-alcohol motifs (C(OH)–C–C–N with tert-alkyl or cyclic N) is 1. The molecule has 0 aromatic carbocycles. The standard InChI is InChI=1S/C13H28N2O/c1-11(2)14-9-13(4,16)10-15-8-6-5-7-12(15)3/h11-12,14,16H,5-10H2,1-4H3.